The van der Waals surface area contributed by atoms with Crippen molar-refractivity contribution in [2.24, 2.45) is 0 Å². The standard InChI is InChI=1S/C26H23N3O4/c30-22(27-20-11-1-2-12-21(20)28-15-6-14-23(28)31)13-5-16-29-25(32)18-9-3-7-17-8-4-10-19(24(17)18)26(29)33/h1-4,7-12H,5-6,13-16H2,(H,27,30). The summed E-state index contributed by atoms with van der Waals surface area (Å²) in [6, 6.07) is 18.1. The normalized spacial score (nSPS) is 15.5. The molecule has 0 aliphatic carbocycles. The second kappa shape index (κ2) is 8.50. The van der Waals surface area contributed by atoms with E-state index in [4.69, 9.17) is 0 Å². The first-order chi connectivity index (χ1) is 16.0. The fourth-order valence-corrected chi connectivity index (χ4v) is 4.61. The number of imide groups is 1. The van der Waals surface area contributed by atoms with Gasteiger partial charge in [0.15, 0.2) is 0 Å². The van der Waals surface area contributed by atoms with Gasteiger partial charge in [0.05, 0.1) is 11.4 Å². The molecule has 1 N–H and O–H groups in total. The molecule has 1 fully saturated rings. The molecule has 0 radical (unpaired) electrons. The lowest BCUT2D eigenvalue weighted by Gasteiger charge is -2.27. The zero-order valence-electron chi connectivity index (χ0n) is 18.0. The first-order valence-corrected chi connectivity index (χ1v) is 11.1. The summed E-state index contributed by atoms with van der Waals surface area (Å²) in [5.41, 5.74) is 2.30. The third-order valence-electron chi connectivity index (χ3n) is 6.18. The molecule has 2 heterocycles. The number of para-hydroxylation sites is 2. The lowest BCUT2D eigenvalue weighted by molar-refractivity contribution is -0.117. The van der Waals surface area contributed by atoms with Crippen LogP contribution in [0.3, 0.4) is 0 Å². The minimum absolute atomic E-state index is 0.0501. The van der Waals surface area contributed by atoms with Crippen LogP contribution in [0.2, 0.25) is 0 Å². The summed E-state index contributed by atoms with van der Waals surface area (Å²) in [7, 11) is 0. The molecule has 1 saturated heterocycles. The second-order valence-electron chi connectivity index (χ2n) is 8.29. The second-order valence-corrected chi connectivity index (χ2v) is 8.29. The molecule has 166 valence electrons. The van der Waals surface area contributed by atoms with Crippen molar-refractivity contribution in [3.63, 3.8) is 0 Å². The number of anilines is 2. The number of carbonyl (C=O) groups excluding carboxylic acids is 4. The van der Waals surface area contributed by atoms with E-state index in [2.05, 4.69) is 5.32 Å². The van der Waals surface area contributed by atoms with Crippen molar-refractivity contribution in [2.75, 3.05) is 23.3 Å². The van der Waals surface area contributed by atoms with Crippen molar-refractivity contribution in [1.82, 2.24) is 4.90 Å². The smallest absolute Gasteiger partial charge is 0.261 e. The topological polar surface area (TPSA) is 86.8 Å². The Bertz CT molecular complexity index is 1250. The third kappa shape index (κ3) is 3.75. The lowest BCUT2D eigenvalue weighted by Crippen LogP contribution is -2.41. The van der Waals surface area contributed by atoms with Crippen LogP contribution in [0.1, 0.15) is 46.4 Å². The van der Waals surface area contributed by atoms with E-state index in [0.29, 0.717) is 47.3 Å². The molecule has 7 heteroatoms. The van der Waals surface area contributed by atoms with Gasteiger partial charge < -0.3 is 10.2 Å². The van der Waals surface area contributed by atoms with Gasteiger partial charge in [-0.15, -0.1) is 0 Å². The highest BCUT2D eigenvalue weighted by atomic mass is 16.2. The first kappa shape index (κ1) is 20.9. The molecular weight excluding hydrogens is 418 g/mol. The summed E-state index contributed by atoms with van der Waals surface area (Å²) in [6.45, 7) is 0.793. The van der Waals surface area contributed by atoms with Gasteiger partial charge in [0, 0.05) is 42.4 Å². The maximum atomic E-state index is 13.0. The molecule has 4 amide bonds. The van der Waals surface area contributed by atoms with Crippen LogP contribution in [0.4, 0.5) is 11.4 Å². The Hall–Kier alpha value is -4.00. The van der Waals surface area contributed by atoms with Gasteiger partial charge >= 0.3 is 0 Å². The van der Waals surface area contributed by atoms with Crippen LogP contribution in [0.5, 0.6) is 0 Å². The first-order valence-electron chi connectivity index (χ1n) is 11.1. The maximum Gasteiger partial charge on any atom is 0.261 e. The van der Waals surface area contributed by atoms with Crippen molar-refractivity contribution < 1.29 is 19.2 Å². The Balaban J connectivity index is 1.25. The van der Waals surface area contributed by atoms with E-state index in [9.17, 15) is 19.2 Å². The van der Waals surface area contributed by atoms with E-state index in [-0.39, 0.29) is 36.6 Å². The van der Waals surface area contributed by atoms with Gasteiger partial charge in [0.2, 0.25) is 11.8 Å². The highest BCUT2D eigenvalue weighted by molar-refractivity contribution is 6.25. The van der Waals surface area contributed by atoms with Gasteiger partial charge in [-0.3, -0.25) is 24.1 Å². The monoisotopic (exact) mass is 441 g/mol. The number of carbonyl (C=O) groups is 4. The van der Waals surface area contributed by atoms with Crippen LogP contribution in [0, 0.1) is 0 Å². The van der Waals surface area contributed by atoms with Gasteiger partial charge in [0.25, 0.3) is 11.8 Å². The molecule has 2 aliphatic heterocycles. The maximum absolute atomic E-state index is 13.0. The Morgan fingerprint density at radius 3 is 2.24 bits per heavy atom. The quantitative estimate of drug-likeness (QED) is 0.586. The number of rotatable bonds is 6. The molecule has 3 aromatic rings. The molecule has 2 aliphatic rings. The molecule has 0 bridgehead atoms. The van der Waals surface area contributed by atoms with E-state index in [1.807, 2.05) is 42.5 Å². The van der Waals surface area contributed by atoms with Gasteiger partial charge in [0.1, 0.15) is 0 Å². The third-order valence-corrected chi connectivity index (χ3v) is 6.18. The Kier molecular flexibility index (Phi) is 5.38. The largest absolute Gasteiger partial charge is 0.324 e. The lowest BCUT2D eigenvalue weighted by atomic mass is 9.94. The molecule has 0 spiro atoms. The number of nitrogens with zero attached hydrogens (tertiary/aromatic N) is 2. The zero-order chi connectivity index (χ0) is 22.9. The van der Waals surface area contributed by atoms with E-state index in [1.54, 1.807) is 23.1 Å². The van der Waals surface area contributed by atoms with Crippen molar-refractivity contribution in [2.45, 2.75) is 25.7 Å². The molecule has 0 saturated carbocycles. The van der Waals surface area contributed by atoms with Gasteiger partial charge in [-0.1, -0.05) is 36.4 Å². The van der Waals surface area contributed by atoms with Crippen LogP contribution in [-0.2, 0) is 9.59 Å². The number of nitrogens with one attached hydrogen (secondary N) is 1. The minimum Gasteiger partial charge on any atom is -0.324 e. The van der Waals surface area contributed by atoms with Crippen molar-refractivity contribution >= 4 is 45.8 Å². The fraction of sp³-hybridized carbons (Fsp3) is 0.231. The summed E-state index contributed by atoms with van der Waals surface area (Å²) in [4.78, 5) is 53.6. The minimum atomic E-state index is -0.331. The Morgan fingerprint density at radius 1 is 0.879 bits per heavy atom. The van der Waals surface area contributed by atoms with Crippen LogP contribution in [0.25, 0.3) is 10.8 Å². The predicted octanol–water partition coefficient (Wildman–Crippen LogP) is 3.98. The van der Waals surface area contributed by atoms with Crippen molar-refractivity contribution in [3.8, 4) is 0 Å². The van der Waals surface area contributed by atoms with Crippen molar-refractivity contribution in [3.05, 3.63) is 71.8 Å². The van der Waals surface area contributed by atoms with Crippen LogP contribution < -0.4 is 10.2 Å². The number of hydrogen-bond donors (Lipinski definition) is 1. The summed E-state index contributed by atoms with van der Waals surface area (Å²) >= 11 is 0. The summed E-state index contributed by atoms with van der Waals surface area (Å²) in [5, 5.41) is 4.43. The van der Waals surface area contributed by atoms with E-state index < -0.39 is 0 Å². The molecule has 7 nitrogen and oxygen atoms in total. The molecule has 0 atom stereocenters. The summed E-state index contributed by atoms with van der Waals surface area (Å²) in [5.74, 6) is -0.840. The number of amides is 4. The van der Waals surface area contributed by atoms with Crippen LogP contribution in [-0.4, -0.2) is 41.6 Å². The van der Waals surface area contributed by atoms with Crippen LogP contribution >= 0.6 is 0 Å². The molecule has 33 heavy (non-hydrogen) atoms. The van der Waals surface area contributed by atoms with Gasteiger partial charge in [-0.2, -0.15) is 0 Å². The van der Waals surface area contributed by atoms with E-state index in [1.165, 1.54) is 4.90 Å². The molecule has 0 aromatic heterocycles. The van der Waals surface area contributed by atoms with E-state index >= 15 is 0 Å². The summed E-state index contributed by atoms with van der Waals surface area (Å²) < 4.78 is 0. The SMILES string of the molecule is O=C(CCCN1C(=O)c2cccc3cccc(c23)C1=O)Nc1ccccc1N1CCCC1=O. The van der Waals surface area contributed by atoms with Gasteiger partial charge in [-0.25, -0.2) is 0 Å². The summed E-state index contributed by atoms with van der Waals surface area (Å²) in [6.07, 6.45) is 1.80. The predicted molar refractivity (Wildman–Crippen MR) is 125 cm³/mol. The average Bonchev–Trinajstić information content (AvgIpc) is 3.25. The number of hydrogen-bond acceptors (Lipinski definition) is 4. The highest BCUT2D eigenvalue weighted by Crippen LogP contribution is 2.31. The van der Waals surface area contributed by atoms with Crippen LogP contribution in [0.15, 0.2) is 60.7 Å². The Labute approximate surface area is 191 Å². The molecular formula is C26H23N3O4. The fourth-order valence-electron chi connectivity index (χ4n) is 4.61. The average molecular weight is 441 g/mol. The van der Waals surface area contributed by atoms with E-state index in [0.717, 1.165) is 11.8 Å². The van der Waals surface area contributed by atoms with Gasteiger partial charge in [-0.05, 0) is 42.5 Å². The zero-order valence-corrected chi connectivity index (χ0v) is 18.0. The molecule has 0 unspecified atom stereocenters. The Morgan fingerprint density at radius 2 is 1.58 bits per heavy atom. The molecule has 5 rings (SSSR count). The number of benzene rings is 3. The molecule has 3 aromatic carbocycles. The van der Waals surface area contributed by atoms with Crippen molar-refractivity contribution in [1.29, 1.82) is 0 Å². The highest BCUT2D eigenvalue weighted by Gasteiger charge is 2.32.